The average Bonchev–Trinajstić information content (AvgIpc) is 2.78. The molecule has 0 bridgehead atoms. The smallest absolute Gasteiger partial charge is 0.0731 e. The van der Waals surface area contributed by atoms with Crippen LogP contribution < -0.4 is 0 Å². The summed E-state index contributed by atoms with van der Waals surface area (Å²) in [6, 6.07) is 10.4. The van der Waals surface area contributed by atoms with Crippen LogP contribution in [0.25, 0.3) is 11.1 Å². The van der Waals surface area contributed by atoms with E-state index in [0.29, 0.717) is 0 Å². The third-order valence-electron chi connectivity index (χ3n) is 2.75. The normalized spacial score (nSPS) is 13.9. The Hall–Kier alpha value is -1.67. The van der Waals surface area contributed by atoms with E-state index < -0.39 is 0 Å². The number of benzene rings is 1. The largest absolute Gasteiger partial charge is 0.372 e. The summed E-state index contributed by atoms with van der Waals surface area (Å²) in [5, 5.41) is 0. The molecule has 2 aromatic rings. The molecule has 0 radical (unpaired) electrons. The minimum Gasteiger partial charge on any atom is -0.372 e. The Morgan fingerprint density at radius 1 is 1.07 bits per heavy atom. The molecule has 1 aromatic heterocycles. The first-order valence-corrected chi connectivity index (χ1v) is 5.04. The lowest BCUT2D eigenvalue weighted by Crippen LogP contribution is -1.88. The second-order valence-corrected chi connectivity index (χ2v) is 3.68. The molecule has 1 aliphatic heterocycles. The maximum atomic E-state index is 5.46. The minimum absolute atomic E-state index is 0.723. The summed E-state index contributed by atoms with van der Waals surface area (Å²) in [7, 11) is 0. The first-order chi connectivity index (χ1) is 7.45. The summed E-state index contributed by atoms with van der Waals surface area (Å²) in [5.41, 5.74) is 5.03. The van der Waals surface area contributed by atoms with Crippen molar-refractivity contribution in [2.75, 3.05) is 0 Å². The minimum atomic E-state index is 0.723. The number of nitrogens with zero attached hydrogens (tertiary/aromatic N) is 1. The molecule has 15 heavy (non-hydrogen) atoms. The van der Waals surface area contributed by atoms with E-state index in [4.69, 9.17) is 4.74 Å². The van der Waals surface area contributed by atoms with Crippen molar-refractivity contribution in [2.24, 2.45) is 0 Å². The van der Waals surface area contributed by atoms with Crippen molar-refractivity contribution in [1.29, 1.82) is 0 Å². The Balaban J connectivity index is 2.17. The van der Waals surface area contributed by atoms with Crippen LogP contribution in [0.3, 0.4) is 0 Å². The lowest BCUT2D eigenvalue weighted by atomic mass is 9.98. The van der Waals surface area contributed by atoms with Gasteiger partial charge in [-0.2, -0.15) is 0 Å². The van der Waals surface area contributed by atoms with E-state index in [2.05, 4.69) is 29.2 Å². The highest BCUT2D eigenvalue weighted by Crippen LogP contribution is 2.30. The molecule has 2 heteroatoms. The van der Waals surface area contributed by atoms with Gasteiger partial charge < -0.3 is 4.74 Å². The van der Waals surface area contributed by atoms with Crippen LogP contribution >= 0.6 is 0 Å². The van der Waals surface area contributed by atoms with E-state index in [1.807, 2.05) is 12.3 Å². The van der Waals surface area contributed by atoms with Crippen LogP contribution in [-0.4, -0.2) is 4.98 Å². The van der Waals surface area contributed by atoms with Crippen LogP contribution in [0.5, 0.6) is 0 Å². The van der Waals surface area contributed by atoms with Gasteiger partial charge in [-0.25, -0.2) is 0 Å². The molecular weight excluding hydrogens is 186 g/mol. The van der Waals surface area contributed by atoms with Gasteiger partial charge in [0.15, 0.2) is 0 Å². The number of rotatable bonds is 1. The maximum absolute atomic E-state index is 5.46. The van der Waals surface area contributed by atoms with Gasteiger partial charge in [0.1, 0.15) is 0 Å². The Kier molecular flexibility index (Phi) is 2.00. The fourth-order valence-electron chi connectivity index (χ4n) is 2.00. The molecule has 0 saturated heterocycles. The monoisotopic (exact) mass is 197 g/mol. The molecule has 0 aliphatic carbocycles. The standard InChI is InChI=1S/C13H11NO/c1-3-11-8-15-9-13(11)12(5-1)10-4-2-6-14-7-10/h1-7H,8-9H2. The van der Waals surface area contributed by atoms with Crippen LogP contribution in [0.4, 0.5) is 0 Å². The quantitative estimate of drug-likeness (QED) is 0.701. The van der Waals surface area contributed by atoms with Gasteiger partial charge in [0.25, 0.3) is 0 Å². The first-order valence-electron chi connectivity index (χ1n) is 5.04. The van der Waals surface area contributed by atoms with Crippen LogP contribution in [0, 0.1) is 0 Å². The Morgan fingerprint density at radius 3 is 2.93 bits per heavy atom. The zero-order chi connectivity index (χ0) is 10.1. The van der Waals surface area contributed by atoms with Crippen LogP contribution in [0.15, 0.2) is 42.7 Å². The first kappa shape index (κ1) is 8.62. The van der Waals surface area contributed by atoms with Crippen LogP contribution in [0.2, 0.25) is 0 Å². The topological polar surface area (TPSA) is 22.1 Å². The van der Waals surface area contributed by atoms with Crippen molar-refractivity contribution in [3.63, 3.8) is 0 Å². The molecule has 0 saturated carbocycles. The molecule has 1 aromatic carbocycles. The van der Waals surface area contributed by atoms with E-state index in [0.717, 1.165) is 13.2 Å². The molecule has 0 unspecified atom stereocenters. The fraction of sp³-hybridized carbons (Fsp3) is 0.154. The fourth-order valence-corrected chi connectivity index (χ4v) is 2.00. The predicted octanol–water partition coefficient (Wildman–Crippen LogP) is 2.78. The summed E-state index contributed by atoms with van der Waals surface area (Å²) < 4.78 is 5.46. The Labute approximate surface area is 88.5 Å². The van der Waals surface area contributed by atoms with Gasteiger partial charge in [-0.1, -0.05) is 24.3 Å². The second-order valence-electron chi connectivity index (χ2n) is 3.68. The SMILES string of the molecule is c1cncc(-c2cccc3c2COC3)c1. The third-order valence-corrected chi connectivity index (χ3v) is 2.75. The van der Waals surface area contributed by atoms with Gasteiger partial charge in [-0.15, -0.1) is 0 Å². The number of pyridine rings is 1. The number of hydrogen-bond donors (Lipinski definition) is 0. The van der Waals surface area contributed by atoms with Crippen molar-refractivity contribution in [3.8, 4) is 11.1 Å². The Morgan fingerprint density at radius 2 is 2.07 bits per heavy atom. The molecule has 1 aliphatic rings. The zero-order valence-corrected chi connectivity index (χ0v) is 8.31. The van der Waals surface area contributed by atoms with Gasteiger partial charge >= 0.3 is 0 Å². The van der Waals surface area contributed by atoms with Crippen molar-refractivity contribution < 1.29 is 4.74 Å². The lowest BCUT2D eigenvalue weighted by Gasteiger charge is -2.06. The molecule has 0 fully saturated rings. The molecule has 0 spiro atoms. The molecule has 74 valence electrons. The van der Waals surface area contributed by atoms with Crippen LogP contribution in [0.1, 0.15) is 11.1 Å². The van der Waals surface area contributed by atoms with E-state index >= 15 is 0 Å². The average molecular weight is 197 g/mol. The van der Waals surface area contributed by atoms with Crippen molar-refractivity contribution >= 4 is 0 Å². The molecule has 2 nitrogen and oxygen atoms in total. The summed E-state index contributed by atoms with van der Waals surface area (Å²) in [5.74, 6) is 0. The van der Waals surface area contributed by atoms with E-state index in [9.17, 15) is 0 Å². The summed E-state index contributed by atoms with van der Waals surface area (Å²) in [6.45, 7) is 1.46. The van der Waals surface area contributed by atoms with Gasteiger partial charge in [0.2, 0.25) is 0 Å². The number of aromatic nitrogens is 1. The van der Waals surface area contributed by atoms with Gasteiger partial charge in [0.05, 0.1) is 13.2 Å². The highest BCUT2D eigenvalue weighted by Gasteiger charge is 2.15. The van der Waals surface area contributed by atoms with Gasteiger partial charge in [-0.3, -0.25) is 4.98 Å². The second kappa shape index (κ2) is 3.48. The number of ether oxygens (including phenoxy) is 1. The van der Waals surface area contributed by atoms with E-state index in [-0.39, 0.29) is 0 Å². The maximum Gasteiger partial charge on any atom is 0.0731 e. The van der Waals surface area contributed by atoms with E-state index in [1.165, 1.54) is 22.3 Å². The Bertz CT molecular complexity index is 479. The van der Waals surface area contributed by atoms with Crippen molar-refractivity contribution in [3.05, 3.63) is 53.9 Å². The zero-order valence-electron chi connectivity index (χ0n) is 8.31. The summed E-state index contributed by atoms with van der Waals surface area (Å²) >= 11 is 0. The summed E-state index contributed by atoms with van der Waals surface area (Å²) in [6.07, 6.45) is 3.69. The highest BCUT2D eigenvalue weighted by molar-refractivity contribution is 5.68. The molecular formula is C13H11NO. The van der Waals surface area contributed by atoms with E-state index in [1.54, 1.807) is 6.20 Å². The molecule has 0 atom stereocenters. The van der Waals surface area contributed by atoms with Gasteiger partial charge in [0, 0.05) is 18.0 Å². The lowest BCUT2D eigenvalue weighted by molar-refractivity contribution is 0.134. The number of hydrogen-bond acceptors (Lipinski definition) is 2. The molecule has 0 N–H and O–H groups in total. The highest BCUT2D eigenvalue weighted by atomic mass is 16.5. The van der Waals surface area contributed by atoms with Crippen LogP contribution in [-0.2, 0) is 18.0 Å². The van der Waals surface area contributed by atoms with Crippen molar-refractivity contribution in [1.82, 2.24) is 4.98 Å². The van der Waals surface area contributed by atoms with Gasteiger partial charge in [-0.05, 0) is 22.8 Å². The third kappa shape index (κ3) is 1.43. The predicted molar refractivity (Wildman–Crippen MR) is 58.2 cm³/mol. The molecule has 2 heterocycles. The summed E-state index contributed by atoms with van der Waals surface area (Å²) in [4.78, 5) is 4.15. The number of fused-ring (bicyclic) bond motifs is 1. The molecule has 0 amide bonds. The molecule has 3 rings (SSSR count). The van der Waals surface area contributed by atoms with Crippen molar-refractivity contribution in [2.45, 2.75) is 13.2 Å².